The van der Waals surface area contributed by atoms with Crippen molar-refractivity contribution in [2.45, 2.75) is 77.5 Å². The van der Waals surface area contributed by atoms with Crippen molar-refractivity contribution in [3.05, 3.63) is 0 Å². The molecule has 0 aromatic rings. The van der Waals surface area contributed by atoms with E-state index < -0.39 is 78.4 Å². The second-order valence-electron chi connectivity index (χ2n) is 8.09. The smallest absolute Gasteiger partial charge is 0.326 e. The van der Waals surface area contributed by atoms with Crippen LogP contribution in [-0.4, -0.2) is 64.8 Å². The fourth-order valence-corrected chi connectivity index (χ4v) is 2.88. The second kappa shape index (κ2) is 14.0. The zero-order valence-corrected chi connectivity index (χ0v) is 19.4. The summed E-state index contributed by atoms with van der Waals surface area (Å²) < 4.78 is 0. The Morgan fingerprint density at radius 1 is 0.727 bits per heavy atom. The Labute approximate surface area is 192 Å². The van der Waals surface area contributed by atoms with Crippen LogP contribution in [0.25, 0.3) is 0 Å². The van der Waals surface area contributed by atoms with Crippen molar-refractivity contribution in [1.82, 2.24) is 16.0 Å². The van der Waals surface area contributed by atoms with Gasteiger partial charge in [0.2, 0.25) is 29.5 Å². The van der Waals surface area contributed by atoms with E-state index in [1.807, 2.05) is 0 Å². The fraction of sp³-hybridized carbons (Fsp3) is 0.700. The molecule has 0 saturated carbocycles. The van der Waals surface area contributed by atoms with Gasteiger partial charge in [-0.2, -0.15) is 0 Å². The molecule has 13 nitrogen and oxygen atoms in total. The minimum atomic E-state index is -1.56. The standard InChI is InChI=1S/C20H36N6O7/c1-5-9(3)15(18(30)24-12(20(32)33)8-14(23)28)26-19(31)16(10(4)6-2)25-17(29)11(21)7-13(22)27/h9-12,15-16H,5-8,21H2,1-4H3,(H2,22,27)(H2,23,28)(H,24,30)(H,25,29)(H,26,31)(H,32,33). The number of nitrogens with two attached hydrogens (primary N) is 3. The van der Waals surface area contributed by atoms with Gasteiger partial charge in [-0.1, -0.05) is 40.5 Å². The third kappa shape index (κ3) is 10.3. The molecule has 0 aromatic carbocycles. The first kappa shape index (κ1) is 29.8. The van der Waals surface area contributed by atoms with E-state index in [2.05, 4.69) is 16.0 Å². The summed E-state index contributed by atoms with van der Waals surface area (Å²) in [5.41, 5.74) is 15.7. The normalized spacial score (nSPS) is 16.3. The molecule has 0 heterocycles. The average molecular weight is 473 g/mol. The average Bonchev–Trinajstić information content (AvgIpc) is 2.72. The van der Waals surface area contributed by atoms with Gasteiger partial charge in [-0.25, -0.2) is 4.79 Å². The van der Waals surface area contributed by atoms with Gasteiger partial charge in [-0.05, 0) is 11.8 Å². The zero-order valence-electron chi connectivity index (χ0n) is 19.4. The van der Waals surface area contributed by atoms with Crippen molar-refractivity contribution in [2.75, 3.05) is 0 Å². The number of carboxylic acid groups (broad SMARTS) is 1. The Balaban J connectivity index is 5.64. The van der Waals surface area contributed by atoms with Gasteiger partial charge in [0.15, 0.2) is 0 Å². The van der Waals surface area contributed by atoms with Crippen LogP contribution in [0.2, 0.25) is 0 Å². The SMILES string of the molecule is CCC(C)C(NC(=O)C(N)CC(N)=O)C(=O)NC(C(=O)NC(CC(N)=O)C(=O)O)C(C)CC. The van der Waals surface area contributed by atoms with Crippen molar-refractivity contribution >= 4 is 35.5 Å². The van der Waals surface area contributed by atoms with Crippen LogP contribution in [0.5, 0.6) is 0 Å². The highest BCUT2D eigenvalue weighted by Gasteiger charge is 2.34. The molecule has 10 N–H and O–H groups in total. The van der Waals surface area contributed by atoms with E-state index in [1.165, 1.54) is 0 Å². The molecule has 0 radical (unpaired) electrons. The Bertz CT molecular complexity index is 744. The first-order valence-corrected chi connectivity index (χ1v) is 10.7. The summed E-state index contributed by atoms with van der Waals surface area (Å²) >= 11 is 0. The number of carbonyl (C=O) groups is 6. The van der Waals surface area contributed by atoms with Crippen LogP contribution in [0.3, 0.4) is 0 Å². The molecular weight excluding hydrogens is 436 g/mol. The first-order chi connectivity index (χ1) is 15.2. The van der Waals surface area contributed by atoms with Gasteiger partial charge < -0.3 is 38.3 Å². The number of primary amides is 2. The maximum atomic E-state index is 13.0. The van der Waals surface area contributed by atoms with E-state index in [0.717, 1.165) is 0 Å². The van der Waals surface area contributed by atoms with Crippen molar-refractivity contribution in [3.8, 4) is 0 Å². The third-order valence-corrected chi connectivity index (χ3v) is 5.36. The van der Waals surface area contributed by atoms with Crippen LogP contribution in [0, 0.1) is 11.8 Å². The van der Waals surface area contributed by atoms with Gasteiger partial charge in [-0.15, -0.1) is 0 Å². The Morgan fingerprint density at radius 3 is 1.48 bits per heavy atom. The molecule has 0 aromatic heterocycles. The second-order valence-corrected chi connectivity index (χ2v) is 8.09. The summed E-state index contributed by atoms with van der Waals surface area (Å²) in [5.74, 6) is -6.19. The van der Waals surface area contributed by atoms with Gasteiger partial charge in [0.05, 0.1) is 18.9 Å². The number of aliphatic carboxylic acids is 1. The van der Waals surface area contributed by atoms with E-state index in [-0.39, 0.29) is 5.92 Å². The van der Waals surface area contributed by atoms with Gasteiger partial charge in [0.1, 0.15) is 18.1 Å². The molecule has 6 unspecified atom stereocenters. The van der Waals surface area contributed by atoms with E-state index in [0.29, 0.717) is 12.8 Å². The van der Waals surface area contributed by atoms with E-state index >= 15 is 0 Å². The third-order valence-electron chi connectivity index (χ3n) is 5.36. The predicted molar refractivity (Wildman–Crippen MR) is 118 cm³/mol. The molecule has 0 fully saturated rings. The van der Waals surface area contributed by atoms with Gasteiger partial charge >= 0.3 is 5.97 Å². The van der Waals surface area contributed by atoms with Crippen molar-refractivity contribution in [2.24, 2.45) is 29.0 Å². The summed E-state index contributed by atoms with van der Waals surface area (Å²) in [4.78, 5) is 71.6. The monoisotopic (exact) mass is 472 g/mol. The van der Waals surface area contributed by atoms with Crippen LogP contribution in [0.4, 0.5) is 0 Å². The highest BCUT2D eigenvalue weighted by molar-refractivity contribution is 5.95. The number of hydrogen-bond donors (Lipinski definition) is 7. The summed E-state index contributed by atoms with van der Waals surface area (Å²) in [6.07, 6.45) is -0.0837. The van der Waals surface area contributed by atoms with E-state index in [4.69, 9.17) is 17.2 Å². The maximum absolute atomic E-state index is 13.0. The molecule has 0 saturated heterocycles. The Morgan fingerprint density at radius 2 is 1.12 bits per heavy atom. The zero-order chi connectivity index (χ0) is 25.9. The highest BCUT2D eigenvalue weighted by Crippen LogP contribution is 2.13. The number of carboxylic acids is 1. The molecule has 5 amide bonds. The molecular formula is C20H36N6O7. The minimum absolute atomic E-state index is 0.364. The molecule has 6 atom stereocenters. The topological polar surface area (TPSA) is 237 Å². The number of hydrogen-bond acceptors (Lipinski definition) is 7. The summed E-state index contributed by atoms with van der Waals surface area (Å²) in [5, 5.41) is 16.5. The molecule has 0 bridgehead atoms. The highest BCUT2D eigenvalue weighted by atomic mass is 16.4. The van der Waals surface area contributed by atoms with E-state index in [1.54, 1.807) is 27.7 Å². The number of amides is 5. The minimum Gasteiger partial charge on any atom is -0.480 e. The number of rotatable bonds is 15. The molecule has 0 spiro atoms. The van der Waals surface area contributed by atoms with Gasteiger partial charge in [0, 0.05) is 0 Å². The summed E-state index contributed by atoms with van der Waals surface area (Å²) in [6, 6.07) is -5.04. The Hall–Kier alpha value is -3.22. The van der Waals surface area contributed by atoms with Crippen molar-refractivity contribution in [3.63, 3.8) is 0 Å². The molecule has 188 valence electrons. The first-order valence-electron chi connectivity index (χ1n) is 10.7. The van der Waals surface area contributed by atoms with Crippen molar-refractivity contribution in [1.29, 1.82) is 0 Å². The van der Waals surface area contributed by atoms with Crippen molar-refractivity contribution < 1.29 is 33.9 Å². The lowest BCUT2D eigenvalue weighted by atomic mass is 9.94. The molecule has 0 rings (SSSR count). The lowest BCUT2D eigenvalue weighted by molar-refractivity contribution is -0.144. The fourth-order valence-electron chi connectivity index (χ4n) is 2.88. The molecule has 33 heavy (non-hydrogen) atoms. The summed E-state index contributed by atoms with van der Waals surface area (Å²) in [7, 11) is 0. The largest absolute Gasteiger partial charge is 0.480 e. The lowest BCUT2D eigenvalue weighted by Crippen LogP contribution is -2.60. The van der Waals surface area contributed by atoms with Gasteiger partial charge in [-0.3, -0.25) is 24.0 Å². The quantitative estimate of drug-likeness (QED) is 0.136. The Kier molecular flexibility index (Phi) is 12.7. The predicted octanol–water partition coefficient (Wildman–Crippen LogP) is -2.30. The van der Waals surface area contributed by atoms with E-state index in [9.17, 15) is 33.9 Å². The molecule has 13 heteroatoms. The maximum Gasteiger partial charge on any atom is 0.326 e. The van der Waals surface area contributed by atoms with Crippen LogP contribution < -0.4 is 33.2 Å². The van der Waals surface area contributed by atoms with Crippen LogP contribution in [-0.2, 0) is 28.8 Å². The number of carbonyl (C=O) groups excluding carboxylic acids is 5. The molecule has 0 aliphatic carbocycles. The molecule has 0 aliphatic rings. The number of nitrogens with one attached hydrogen (secondary N) is 3. The van der Waals surface area contributed by atoms with Gasteiger partial charge in [0.25, 0.3) is 0 Å². The summed E-state index contributed by atoms with van der Waals surface area (Å²) in [6.45, 7) is 6.94. The van der Waals surface area contributed by atoms with Crippen LogP contribution >= 0.6 is 0 Å². The molecule has 0 aliphatic heterocycles. The lowest BCUT2D eigenvalue weighted by Gasteiger charge is -2.30. The van der Waals surface area contributed by atoms with Crippen LogP contribution in [0.1, 0.15) is 53.4 Å². The van der Waals surface area contributed by atoms with Crippen LogP contribution in [0.15, 0.2) is 0 Å².